The fraction of sp³-hybridized carbons (Fsp3) is 0.342. The van der Waals surface area contributed by atoms with Gasteiger partial charge in [-0.25, -0.2) is 14.2 Å². The predicted octanol–water partition coefficient (Wildman–Crippen LogP) is 9.71. The molecule has 0 unspecified atom stereocenters. The van der Waals surface area contributed by atoms with Gasteiger partial charge in [0, 0.05) is 41.9 Å². The molecular formula is C38H38F4N6O2S. The number of amides is 2. The molecule has 266 valence electrons. The number of alkyl halides is 3. The molecule has 2 aliphatic heterocycles. The van der Waals surface area contributed by atoms with Crippen molar-refractivity contribution < 1.29 is 27.5 Å². The Kier molecular flexibility index (Phi) is 8.70. The number of aromatic hydroxyl groups is 1. The maximum absolute atomic E-state index is 16.1. The number of fused-ring (bicyclic) bond motifs is 3. The number of hydrogen-bond donors (Lipinski definition) is 3. The number of carbonyl (C=O) groups excluding carboxylic acids is 1. The lowest BCUT2D eigenvalue weighted by atomic mass is 9.71. The van der Waals surface area contributed by atoms with E-state index < -0.39 is 29.1 Å². The molecule has 3 N–H and O–H groups in total. The summed E-state index contributed by atoms with van der Waals surface area (Å²) in [5.74, 6) is -1.05. The van der Waals surface area contributed by atoms with E-state index in [9.17, 15) is 23.1 Å². The minimum atomic E-state index is -4.65. The number of para-hydroxylation sites is 2. The molecule has 4 heterocycles. The number of anilines is 4. The van der Waals surface area contributed by atoms with E-state index >= 15 is 4.39 Å². The summed E-state index contributed by atoms with van der Waals surface area (Å²) in [5, 5.41) is 17.7. The smallest absolute Gasteiger partial charge is 0.433 e. The van der Waals surface area contributed by atoms with Gasteiger partial charge in [0.25, 0.3) is 0 Å². The molecule has 0 aliphatic carbocycles. The van der Waals surface area contributed by atoms with Crippen LogP contribution in [0.25, 0.3) is 21.3 Å². The Hall–Kier alpha value is -4.75. The van der Waals surface area contributed by atoms with Crippen LogP contribution in [0.15, 0.2) is 66.9 Å². The van der Waals surface area contributed by atoms with Crippen LogP contribution in [0.2, 0.25) is 0 Å². The van der Waals surface area contributed by atoms with Gasteiger partial charge in [-0.2, -0.15) is 13.2 Å². The van der Waals surface area contributed by atoms with Crippen molar-refractivity contribution in [1.82, 2.24) is 14.9 Å². The number of likely N-dealkylation sites (tertiary alicyclic amines) is 1. The van der Waals surface area contributed by atoms with Crippen LogP contribution in [0, 0.1) is 18.2 Å². The number of phenolic OH excluding ortho intramolecular Hbond substituents is 1. The van der Waals surface area contributed by atoms with Crippen molar-refractivity contribution in [3.8, 4) is 16.9 Å². The molecule has 13 heteroatoms. The highest BCUT2D eigenvalue weighted by molar-refractivity contribution is 7.22. The first-order chi connectivity index (χ1) is 24.1. The van der Waals surface area contributed by atoms with E-state index in [1.807, 2.05) is 42.2 Å². The second kappa shape index (κ2) is 12.8. The Bertz CT molecular complexity index is 2120. The van der Waals surface area contributed by atoms with Gasteiger partial charge in [-0.05, 0) is 79.7 Å². The zero-order chi connectivity index (χ0) is 36.3. The number of nitrogens with one attached hydrogen (secondary N) is 2. The normalized spacial score (nSPS) is 16.1. The number of nitrogens with zero attached hydrogens (tertiary/aromatic N) is 4. The summed E-state index contributed by atoms with van der Waals surface area (Å²) in [7, 11) is 0. The second-order valence-electron chi connectivity index (χ2n) is 14.7. The van der Waals surface area contributed by atoms with Gasteiger partial charge in [0.2, 0.25) is 0 Å². The standard InChI is InChI=1S/C38H38F4N6O2S/c1-22-9-11-26-29(17-22)51-35(45-26)46-34(50)44-25-7-5-6-8-27(25)48-21-37(13-15-47(16-14-37)20-36(2,3)4)32-31(24(39)18-28(49)33(32)48)23-10-12-30(43-19-23)38(40,41)42/h5-12,17-19,49H,13-16,20-21H2,1-4H3,(H2,44,45,46,50). The van der Waals surface area contributed by atoms with Gasteiger partial charge in [-0.15, -0.1) is 0 Å². The van der Waals surface area contributed by atoms with Gasteiger partial charge in [0.05, 0.1) is 27.3 Å². The number of rotatable bonds is 5. The topological polar surface area (TPSA) is 93.6 Å². The molecule has 2 aromatic heterocycles. The molecule has 2 amide bonds. The summed E-state index contributed by atoms with van der Waals surface area (Å²) in [6.45, 7) is 11.1. The summed E-state index contributed by atoms with van der Waals surface area (Å²) in [6, 6.07) is 15.6. The van der Waals surface area contributed by atoms with Crippen LogP contribution in [-0.4, -0.2) is 52.2 Å². The number of aryl methyl sites for hydroxylation is 1. The molecule has 2 aliphatic rings. The highest BCUT2D eigenvalue weighted by Crippen LogP contribution is 2.58. The van der Waals surface area contributed by atoms with Gasteiger partial charge >= 0.3 is 12.2 Å². The third-order valence-corrected chi connectivity index (χ3v) is 10.5. The van der Waals surface area contributed by atoms with E-state index in [0.717, 1.165) is 40.7 Å². The molecule has 1 saturated heterocycles. The molecule has 5 aromatic rings. The minimum absolute atomic E-state index is 0.0566. The lowest BCUT2D eigenvalue weighted by Crippen LogP contribution is -2.47. The SMILES string of the molecule is Cc1ccc2nc(NC(=O)Nc3ccccc3N3CC4(CCN(CC(C)(C)C)CC4)c4c(-c5ccc(C(F)(F)F)nc5)c(F)cc(O)c43)sc2c1. The molecular weight excluding hydrogens is 681 g/mol. The van der Waals surface area contributed by atoms with Crippen LogP contribution in [0.3, 0.4) is 0 Å². The number of benzene rings is 3. The van der Waals surface area contributed by atoms with Crippen LogP contribution in [0.1, 0.15) is 50.4 Å². The van der Waals surface area contributed by atoms with Crippen molar-refractivity contribution in [2.24, 2.45) is 5.41 Å². The van der Waals surface area contributed by atoms with Crippen molar-refractivity contribution in [3.05, 3.63) is 89.5 Å². The summed E-state index contributed by atoms with van der Waals surface area (Å²) < 4.78 is 57.4. The van der Waals surface area contributed by atoms with Gasteiger partial charge in [0.15, 0.2) is 5.13 Å². The van der Waals surface area contributed by atoms with Gasteiger partial charge < -0.3 is 20.2 Å². The zero-order valence-electron chi connectivity index (χ0n) is 28.7. The van der Waals surface area contributed by atoms with Gasteiger partial charge in [-0.1, -0.05) is 56.4 Å². The first-order valence-corrected chi connectivity index (χ1v) is 17.6. The number of piperidine rings is 1. The fourth-order valence-electron chi connectivity index (χ4n) is 7.44. The van der Waals surface area contributed by atoms with Crippen molar-refractivity contribution in [1.29, 1.82) is 0 Å². The summed E-state index contributed by atoms with van der Waals surface area (Å²) in [6.07, 6.45) is -2.37. The molecule has 0 atom stereocenters. The van der Waals surface area contributed by atoms with Crippen LogP contribution in [0.4, 0.5) is 44.5 Å². The zero-order valence-corrected chi connectivity index (χ0v) is 29.5. The molecule has 1 spiro atoms. The first-order valence-electron chi connectivity index (χ1n) is 16.7. The minimum Gasteiger partial charge on any atom is -0.506 e. The third kappa shape index (κ3) is 6.84. The molecule has 0 saturated carbocycles. The Morgan fingerprint density at radius 2 is 1.76 bits per heavy atom. The molecule has 0 radical (unpaired) electrons. The maximum atomic E-state index is 16.1. The van der Waals surface area contributed by atoms with E-state index in [-0.39, 0.29) is 22.3 Å². The van der Waals surface area contributed by atoms with E-state index in [2.05, 4.69) is 46.3 Å². The van der Waals surface area contributed by atoms with E-state index in [0.29, 0.717) is 60.2 Å². The third-order valence-electron chi connectivity index (χ3n) is 9.55. The molecule has 7 rings (SSSR count). The molecule has 0 bridgehead atoms. The number of carbonyl (C=O) groups is 1. The van der Waals surface area contributed by atoms with Crippen LogP contribution >= 0.6 is 11.3 Å². The largest absolute Gasteiger partial charge is 0.506 e. The fourth-order valence-corrected chi connectivity index (χ4v) is 8.40. The van der Waals surface area contributed by atoms with Crippen molar-refractivity contribution in [3.63, 3.8) is 0 Å². The van der Waals surface area contributed by atoms with E-state index in [1.54, 1.807) is 12.1 Å². The number of pyridine rings is 1. The first kappa shape index (κ1) is 34.7. The lowest BCUT2D eigenvalue weighted by molar-refractivity contribution is -0.141. The van der Waals surface area contributed by atoms with Crippen molar-refractivity contribution in [2.75, 3.05) is 41.7 Å². The van der Waals surface area contributed by atoms with Gasteiger partial charge in [0.1, 0.15) is 17.3 Å². The summed E-state index contributed by atoms with van der Waals surface area (Å²) >= 11 is 1.36. The number of thiazole rings is 1. The van der Waals surface area contributed by atoms with Crippen molar-refractivity contribution in [2.45, 2.75) is 52.1 Å². The Morgan fingerprint density at radius 3 is 2.45 bits per heavy atom. The average molecular weight is 719 g/mol. The second-order valence-corrected chi connectivity index (χ2v) is 15.7. The number of urea groups is 1. The van der Waals surface area contributed by atoms with Crippen molar-refractivity contribution >= 4 is 49.8 Å². The summed E-state index contributed by atoms with van der Waals surface area (Å²) in [4.78, 5) is 25.8. The van der Waals surface area contributed by atoms with Crippen LogP contribution in [0.5, 0.6) is 5.75 Å². The number of aromatic nitrogens is 2. The number of halogens is 4. The average Bonchev–Trinajstić information content (AvgIpc) is 3.60. The molecule has 8 nitrogen and oxygen atoms in total. The number of phenols is 1. The summed E-state index contributed by atoms with van der Waals surface area (Å²) in [5.41, 5.74) is 2.37. The molecule has 3 aromatic carbocycles. The Morgan fingerprint density at radius 1 is 1.02 bits per heavy atom. The molecule has 1 fully saturated rings. The monoisotopic (exact) mass is 718 g/mol. The quantitative estimate of drug-likeness (QED) is 0.157. The van der Waals surface area contributed by atoms with Crippen LogP contribution in [-0.2, 0) is 11.6 Å². The van der Waals surface area contributed by atoms with Gasteiger partial charge in [-0.3, -0.25) is 10.3 Å². The predicted molar refractivity (Wildman–Crippen MR) is 194 cm³/mol. The van der Waals surface area contributed by atoms with E-state index in [4.69, 9.17) is 0 Å². The van der Waals surface area contributed by atoms with Crippen LogP contribution < -0.4 is 15.5 Å². The molecule has 51 heavy (non-hydrogen) atoms. The number of hydrogen-bond acceptors (Lipinski definition) is 7. The Balaban J connectivity index is 1.28. The lowest BCUT2D eigenvalue weighted by Gasteiger charge is -2.42. The maximum Gasteiger partial charge on any atom is 0.433 e. The van der Waals surface area contributed by atoms with E-state index in [1.165, 1.54) is 17.4 Å². The highest BCUT2D eigenvalue weighted by atomic mass is 32.1. The highest BCUT2D eigenvalue weighted by Gasteiger charge is 2.49. The Labute approximate surface area is 297 Å².